The van der Waals surface area contributed by atoms with E-state index in [1.54, 1.807) is 12.1 Å². The number of nitrogens with zero attached hydrogens (tertiary/aromatic N) is 2. The van der Waals surface area contributed by atoms with Gasteiger partial charge >= 0.3 is 0 Å². The van der Waals surface area contributed by atoms with Crippen LogP contribution >= 0.6 is 0 Å². The molecule has 1 aliphatic heterocycles. The van der Waals surface area contributed by atoms with E-state index in [4.69, 9.17) is 0 Å². The summed E-state index contributed by atoms with van der Waals surface area (Å²) in [5.74, 6) is 0.272. The van der Waals surface area contributed by atoms with Crippen LogP contribution in [0.1, 0.15) is 47.1 Å². The van der Waals surface area contributed by atoms with Crippen molar-refractivity contribution in [2.24, 2.45) is 5.92 Å². The van der Waals surface area contributed by atoms with E-state index in [1.165, 1.54) is 16.4 Å². The van der Waals surface area contributed by atoms with Crippen LogP contribution in [-0.4, -0.2) is 36.7 Å². The average Bonchev–Trinajstić information content (AvgIpc) is 2.65. The van der Waals surface area contributed by atoms with Crippen LogP contribution in [0.5, 0.6) is 0 Å². The zero-order valence-electron chi connectivity index (χ0n) is 16.8. The van der Waals surface area contributed by atoms with Gasteiger partial charge in [-0.3, -0.25) is 9.78 Å². The summed E-state index contributed by atoms with van der Waals surface area (Å²) in [6.45, 7) is 8.92. The first kappa shape index (κ1) is 20.5. The van der Waals surface area contributed by atoms with E-state index in [1.807, 2.05) is 26.8 Å². The van der Waals surface area contributed by atoms with E-state index in [0.29, 0.717) is 30.3 Å². The van der Waals surface area contributed by atoms with E-state index < -0.39 is 10.0 Å². The predicted octanol–water partition coefficient (Wildman–Crippen LogP) is 3.68. The van der Waals surface area contributed by atoms with E-state index >= 15 is 0 Å². The molecule has 1 aromatic carbocycles. The highest BCUT2D eigenvalue weighted by Crippen LogP contribution is 2.24. The van der Waals surface area contributed by atoms with E-state index in [0.717, 1.165) is 29.8 Å². The number of benzene rings is 1. The van der Waals surface area contributed by atoms with Gasteiger partial charge in [0.1, 0.15) is 0 Å². The van der Waals surface area contributed by atoms with Crippen molar-refractivity contribution in [3.63, 3.8) is 0 Å². The van der Waals surface area contributed by atoms with Gasteiger partial charge in [-0.2, -0.15) is 4.31 Å². The molecule has 150 valence electrons. The standard InChI is InChI=1S/C21H27N3O3S/c1-14-9-11-24(12-10-14)28(26,27)19-7-5-18(6-8-19)21(25)23-20-15(2)13-16(3)22-17(20)4/h5-8,13-14H,9-12H2,1-4H3,(H,23,25). The van der Waals surface area contributed by atoms with Crippen LogP contribution in [0.2, 0.25) is 0 Å². The molecule has 1 aromatic heterocycles. The molecule has 7 heteroatoms. The number of carbonyl (C=O) groups is 1. The van der Waals surface area contributed by atoms with Crippen molar-refractivity contribution in [2.45, 2.75) is 45.4 Å². The Kier molecular flexibility index (Phi) is 5.86. The fraction of sp³-hybridized carbons (Fsp3) is 0.429. The number of amides is 1. The largest absolute Gasteiger partial charge is 0.320 e. The molecule has 0 atom stereocenters. The Balaban J connectivity index is 1.76. The number of hydrogen-bond donors (Lipinski definition) is 1. The van der Waals surface area contributed by atoms with Crippen LogP contribution in [0.3, 0.4) is 0 Å². The third-order valence-corrected chi connectivity index (χ3v) is 7.17. The minimum absolute atomic E-state index is 0.225. The van der Waals surface area contributed by atoms with Crippen molar-refractivity contribution < 1.29 is 13.2 Å². The van der Waals surface area contributed by atoms with Gasteiger partial charge in [0.2, 0.25) is 10.0 Å². The lowest BCUT2D eigenvalue weighted by molar-refractivity contribution is 0.102. The fourth-order valence-corrected chi connectivity index (χ4v) is 5.02. The molecule has 0 aliphatic carbocycles. The maximum absolute atomic E-state index is 12.8. The minimum Gasteiger partial charge on any atom is -0.320 e. The summed E-state index contributed by atoms with van der Waals surface area (Å²) in [6, 6.07) is 8.05. The van der Waals surface area contributed by atoms with Gasteiger partial charge in [0.05, 0.1) is 16.3 Å². The van der Waals surface area contributed by atoms with Gasteiger partial charge in [-0.15, -0.1) is 0 Å². The van der Waals surface area contributed by atoms with Crippen molar-refractivity contribution in [2.75, 3.05) is 18.4 Å². The predicted molar refractivity (Wildman–Crippen MR) is 110 cm³/mol. The topological polar surface area (TPSA) is 79.4 Å². The molecule has 0 unspecified atom stereocenters. The molecule has 1 aliphatic rings. The lowest BCUT2D eigenvalue weighted by Crippen LogP contribution is -2.37. The van der Waals surface area contributed by atoms with Crippen molar-refractivity contribution in [1.29, 1.82) is 0 Å². The highest BCUT2D eigenvalue weighted by atomic mass is 32.2. The molecule has 28 heavy (non-hydrogen) atoms. The maximum Gasteiger partial charge on any atom is 0.255 e. The lowest BCUT2D eigenvalue weighted by atomic mass is 10.0. The zero-order chi connectivity index (χ0) is 20.5. The number of rotatable bonds is 4. The van der Waals surface area contributed by atoms with Gasteiger partial charge in [-0.25, -0.2) is 8.42 Å². The van der Waals surface area contributed by atoms with E-state index in [2.05, 4.69) is 17.2 Å². The molecule has 6 nitrogen and oxygen atoms in total. The number of piperidine rings is 1. The summed E-state index contributed by atoms with van der Waals surface area (Å²) in [5.41, 5.74) is 3.69. The summed E-state index contributed by atoms with van der Waals surface area (Å²) in [7, 11) is -3.51. The highest BCUT2D eigenvalue weighted by Gasteiger charge is 2.28. The van der Waals surface area contributed by atoms with Crippen LogP contribution in [-0.2, 0) is 10.0 Å². The molecule has 0 bridgehead atoms. The Morgan fingerprint density at radius 3 is 2.29 bits per heavy atom. The molecule has 3 rings (SSSR count). The van der Waals surface area contributed by atoms with Gasteiger partial charge < -0.3 is 5.32 Å². The molecule has 1 fully saturated rings. The average molecular weight is 402 g/mol. The maximum atomic E-state index is 12.8. The van der Waals surface area contributed by atoms with Crippen molar-refractivity contribution in [1.82, 2.24) is 9.29 Å². The second kappa shape index (κ2) is 8.01. The van der Waals surface area contributed by atoms with E-state index in [-0.39, 0.29) is 10.8 Å². The number of carbonyl (C=O) groups excluding carboxylic acids is 1. The Hall–Kier alpha value is -2.25. The number of sulfonamides is 1. The van der Waals surface area contributed by atoms with Crippen molar-refractivity contribution >= 4 is 21.6 Å². The number of aryl methyl sites for hydroxylation is 3. The molecular weight excluding hydrogens is 374 g/mol. The van der Waals surface area contributed by atoms with Crippen LogP contribution in [0.25, 0.3) is 0 Å². The zero-order valence-corrected chi connectivity index (χ0v) is 17.6. The van der Waals surface area contributed by atoms with Gasteiger partial charge in [-0.05, 0) is 75.4 Å². The summed E-state index contributed by atoms with van der Waals surface area (Å²) in [4.78, 5) is 17.2. The van der Waals surface area contributed by atoms with Crippen molar-refractivity contribution in [3.05, 3.63) is 52.8 Å². The Labute approximate surface area is 167 Å². The Morgan fingerprint density at radius 1 is 1.11 bits per heavy atom. The van der Waals surface area contributed by atoms with Crippen LogP contribution in [0.4, 0.5) is 5.69 Å². The second-order valence-electron chi connectivity index (χ2n) is 7.61. The third-order valence-electron chi connectivity index (χ3n) is 5.26. The first-order chi connectivity index (χ1) is 13.2. The van der Waals surface area contributed by atoms with Crippen LogP contribution < -0.4 is 5.32 Å². The number of anilines is 1. The monoisotopic (exact) mass is 401 g/mol. The number of pyridine rings is 1. The molecular formula is C21H27N3O3S. The third kappa shape index (κ3) is 4.25. The number of aromatic nitrogens is 1. The van der Waals surface area contributed by atoms with Crippen molar-refractivity contribution in [3.8, 4) is 0 Å². The molecule has 1 saturated heterocycles. The molecule has 0 spiro atoms. The smallest absolute Gasteiger partial charge is 0.255 e. The fourth-order valence-electron chi connectivity index (χ4n) is 3.55. The van der Waals surface area contributed by atoms with Gasteiger partial charge in [0, 0.05) is 24.3 Å². The molecule has 1 amide bonds. The lowest BCUT2D eigenvalue weighted by Gasteiger charge is -2.29. The Bertz CT molecular complexity index is 953. The molecule has 2 heterocycles. The summed E-state index contributed by atoms with van der Waals surface area (Å²) in [6.07, 6.45) is 1.76. The SMILES string of the molecule is Cc1cc(C)c(NC(=O)c2ccc(S(=O)(=O)N3CCC(C)CC3)cc2)c(C)n1. The minimum atomic E-state index is -3.51. The molecule has 2 aromatic rings. The first-order valence-corrected chi connectivity index (χ1v) is 11.0. The summed E-state index contributed by atoms with van der Waals surface area (Å²) >= 11 is 0. The first-order valence-electron chi connectivity index (χ1n) is 9.55. The molecule has 0 radical (unpaired) electrons. The second-order valence-corrected chi connectivity index (χ2v) is 9.54. The van der Waals surface area contributed by atoms with Gasteiger partial charge in [-0.1, -0.05) is 6.92 Å². The van der Waals surface area contributed by atoms with Gasteiger partial charge in [0.15, 0.2) is 0 Å². The molecule has 0 saturated carbocycles. The Morgan fingerprint density at radius 2 is 1.71 bits per heavy atom. The molecule has 1 N–H and O–H groups in total. The van der Waals surface area contributed by atoms with Crippen LogP contribution in [0, 0.1) is 26.7 Å². The van der Waals surface area contributed by atoms with Crippen LogP contribution in [0.15, 0.2) is 35.2 Å². The quantitative estimate of drug-likeness (QED) is 0.848. The summed E-state index contributed by atoms with van der Waals surface area (Å²) < 4.78 is 27.1. The summed E-state index contributed by atoms with van der Waals surface area (Å²) in [5, 5.41) is 2.89. The van der Waals surface area contributed by atoms with E-state index in [9.17, 15) is 13.2 Å². The normalized spacial score (nSPS) is 16.1. The number of nitrogens with one attached hydrogen (secondary N) is 1. The number of hydrogen-bond acceptors (Lipinski definition) is 4. The highest BCUT2D eigenvalue weighted by molar-refractivity contribution is 7.89. The van der Waals surface area contributed by atoms with Gasteiger partial charge in [0.25, 0.3) is 5.91 Å².